The van der Waals surface area contributed by atoms with E-state index in [0.29, 0.717) is 10.7 Å². The van der Waals surface area contributed by atoms with Gasteiger partial charge in [-0.3, -0.25) is 9.59 Å². The molecule has 0 bridgehead atoms. The van der Waals surface area contributed by atoms with E-state index in [0.717, 1.165) is 5.69 Å². The Morgan fingerprint density at radius 2 is 1.64 bits per heavy atom. The molecule has 0 saturated heterocycles. The fourth-order valence-electron chi connectivity index (χ4n) is 2.72. The number of Topliss-reactive ketones (excluding diaryl/α,β-unsaturated/α-hetero) is 1. The van der Waals surface area contributed by atoms with Gasteiger partial charge in [0.1, 0.15) is 0 Å². The smallest absolute Gasteiger partial charge is 0.292 e. The number of rotatable bonds is 7. The number of para-hydroxylation sites is 1. The van der Waals surface area contributed by atoms with Crippen molar-refractivity contribution >= 4 is 34.7 Å². The SMILES string of the molecule is CC(N)C(C(=O)C(=O)Nc1cccc(Cl)c1)C(C)Nc1ccccc1. The first-order chi connectivity index (χ1) is 11.9. The van der Waals surface area contributed by atoms with Gasteiger partial charge in [0.25, 0.3) is 5.91 Å². The summed E-state index contributed by atoms with van der Waals surface area (Å²) in [6, 6.07) is 15.3. The van der Waals surface area contributed by atoms with Crippen LogP contribution in [0.5, 0.6) is 0 Å². The molecular formula is C19H22ClN3O2. The van der Waals surface area contributed by atoms with Crippen LogP contribution in [0.1, 0.15) is 13.8 Å². The zero-order chi connectivity index (χ0) is 18.4. The van der Waals surface area contributed by atoms with Crippen molar-refractivity contribution in [2.75, 3.05) is 10.6 Å². The van der Waals surface area contributed by atoms with Crippen molar-refractivity contribution in [1.29, 1.82) is 0 Å². The van der Waals surface area contributed by atoms with Crippen molar-refractivity contribution < 1.29 is 9.59 Å². The van der Waals surface area contributed by atoms with Crippen molar-refractivity contribution in [2.24, 2.45) is 11.7 Å². The molecule has 0 fully saturated rings. The van der Waals surface area contributed by atoms with Gasteiger partial charge in [0.2, 0.25) is 5.78 Å². The topological polar surface area (TPSA) is 84.2 Å². The third kappa shape index (κ3) is 5.31. The quantitative estimate of drug-likeness (QED) is 0.662. The molecule has 6 heteroatoms. The van der Waals surface area contributed by atoms with Gasteiger partial charge in [-0.05, 0) is 44.2 Å². The van der Waals surface area contributed by atoms with Gasteiger partial charge in [-0.2, -0.15) is 0 Å². The zero-order valence-corrected chi connectivity index (χ0v) is 15.0. The molecule has 0 spiro atoms. The maximum atomic E-state index is 12.6. The molecular weight excluding hydrogens is 338 g/mol. The Labute approximate surface area is 152 Å². The lowest BCUT2D eigenvalue weighted by molar-refractivity contribution is -0.137. The molecule has 1 amide bonds. The number of hydrogen-bond acceptors (Lipinski definition) is 4. The Balaban J connectivity index is 2.09. The van der Waals surface area contributed by atoms with Crippen molar-refractivity contribution in [1.82, 2.24) is 0 Å². The number of nitrogens with two attached hydrogens (primary N) is 1. The molecule has 0 aliphatic heterocycles. The van der Waals surface area contributed by atoms with E-state index in [-0.39, 0.29) is 6.04 Å². The fourth-order valence-corrected chi connectivity index (χ4v) is 2.91. The predicted molar refractivity (Wildman–Crippen MR) is 102 cm³/mol. The summed E-state index contributed by atoms with van der Waals surface area (Å²) < 4.78 is 0. The van der Waals surface area contributed by atoms with Crippen LogP contribution < -0.4 is 16.4 Å². The van der Waals surface area contributed by atoms with E-state index in [4.69, 9.17) is 17.3 Å². The van der Waals surface area contributed by atoms with Crippen LogP contribution in [-0.2, 0) is 9.59 Å². The second kappa shape index (κ2) is 8.65. The second-order valence-electron chi connectivity index (χ2n) is 6.01. The molecule has 0 aliphatic carbocycles. The average Bonchev–Trinajstić information content (AvgIpc) is 2.55. The van der Waals surface area contributed by atoms with E-state index < -0.39 is 23.7 Å². The number of anilines is 2. The Morgan fingerprint density at radius 3 is 2.24 bits per heavy atom. The van der Waals surface area contributed by atoms with Gasteiger partial charge < -0.3 is 16.4 Å². The van der Waals surface area contributed by atoms with E-state index in [1.807, 2.05) is 37.3 Å². The van der Waals surface area contributed by atoms with Crippen molar-refractivity contribution in [3.63, 3.8) is 0 Å². The highest BCUT2D eigenvalue weighted by atomic mass is 35.5. The Bertz CT molecular complexity index is 734. The maximum Gasteiger partial charge on any atom is 0.292 e. The summed E-state index contributed by atoms with van der Waals surface area (Å²) in [5.41, 5.74) is 7.32. The molecule has 5 nitrogen and oxygen atoms in total. The minimum absolute atomic E-state index is 0.306. The largest absolute Gasteiger partial charge is 0.382 e. The molecule has 0 saturated carbocycles. The van der Waals surface area contributed by atoms with Crippen molar-refractivity contribution in [2.45, 2.75) is 25.9 Å². The third-order valence-corrected chi connectivity index (χ3v) is 4.12. The van der Waals surface area contributed by atoms with Gasteiger partial charge in [-0.1, -0.05) is 35.9 Å². The molecule has 0 aromatic heterocycles. The van der Waals surface area contributed by atoms with Crippen LogP contribution in [0, 0.1) is 5.92 Å². The molecule has 4 N–H and O–H groups in total. The number of hydrogen-bond donors (Lipinski definition) is 3. The van der Waals surface area contributed by atoms with Crippen LogP contribution in [0.3, 0.4) is 0 Å². The first-order valence-corrected chi connectivity index (χ1v) is 8.44. The normalized spacial score (nSPS) is 14.2. The van der Waals surface area contributed by atoms with Gasteiger partial charge >= 0.3 is 0 Å². The number of ketones is 1. The minimum Gasteiger partial charge on any atom is -0.382 e. The van der Waals surface area contributed by atoms with Crippen LogP contribution in [-0.4, -0.2) is 23.8 Å². The lowest BCUT2D eigenvalue weighted by Crippen LogP contribution is -2.47. The van der Waals surface area contributed by atoms with Crippen LogP contribution in [0.2, 0.25) is 5.02 Å². The van der Waals surface area contributed by atoms with Crippen molar-refractivity contribution in [3.8, 4) is 0 Å². The van der Waals surface area contributed by atoms with Crippen molar-refractivity contribution in [3.05, 3.63) is 59.6 Å². The summed E-state index contributed by atoms with van der Waals surface area (Å²) in [5.74, 6) is -1.93. The number of carbonyl (C=O) groups is 2. The molecule has 0 radical (unpaired) electrons. The highest BCUT2D eigenvalue weighted by Crippen LogP contribution is 2.18. The number of amides is 1. The molecule has 2 rings (SSSR count). The number of benzene rings is 2. The summed E-state index contributed by atoms with van der Waals surface area (Å²) in [7, 11) is 0. The lowest BCUT2D eigenvalue weighted by Gasteiger charge is -2.27. The van der Waals surface area contributed by atoms with Crippen LogP contribution in [0.15, 0.2) is 54.6 Å². The molecule has 132 valence electrons. The summed E-state index contributed by atoms with van der Waals surface area (Å²) in [6.07, 6.45) is 0. The fraction of sp³-hybridized carbons (Fsp3) is 0.263. The zero-order valence-electron chi connectivity index (χ0n) is 14.2. The molecule has 3 unspecified atom stereocenters. The number of carbonyl (C=O) groups excluding carboxylic acids is 2. The summed E-state index contributed by atoms with van der Waals surface area (Å²) in [4.78, 5) is 25.0. The van der Waals surface area contributed by atoms with E-state index in [1.54, 1.807) is 31.2 Å². The standard InChI is InChI=1S/C19H22ClN3O2/c1-12(21)17(13(2)22-15-8-4-3-5-9-15)18(24)19(25)23-16-10-6-7-14(20)11-16/h3-13,17,22H,21H2,1-2H3,(H,23,25). The Morgan fingerprint density at radius 1 is 1.00 bits per heavy atom. The Hall–Kier alpha value is -2.37. The first kappa shape index (κ1) is 19.0. The van der Waals surface area contributed by atoms with Crippen LogP contribution >= 0.6 is 11.6 Å². The Kier molecular flexibility index (Phi) is 6.56. The summed E-state index contributed by atoms with van der Waals surface area (Å²) in [6.45, 7) is 3.56. The molecule has 0 heterocycles. The van der Waals surface area contributed by atoms with Crippen LogP contribution in [0.25, 0.3) is 0 Å². The maximum absolute atomic E-state index is 12.6. The molecule has 3 atom stereocenters. The van der Waals surface area contributed by atoms with Gasteiger partial charge in [-0.25, -0.2) is 0 Å². The third-order valence-electron chi connectivity index (χ3n) is 3.88. The highest BCUT2D eigenvalue weighted by Gasteiger charge is 2.33. The first-order valence-electron chi connectivity index (χ1n) is 8.06. The highest BCUT2D eigenvalue weighted by molar-refractivity contribution is 6.41. The van der Waals surface area contributed by atoms with Gasteiger partial charge in [0, 0.05) is 28.5 Å². The molecule has 2 aromatic carbocycles. The van der Waals surface area contributed by atoms with E-state index >= 15 is 0 Å². The average molecular weight is 360 g/mol. The predicted octanol–water partition coefficient (Wildman–Crippen LogP) is 3.31. The van der Waals surface area contributed by atoms with Gasteiger partial charge in [0.15, 0.2) is 0 Å². The lowest BCUT2D eigenvalue weighted by atomic mass is 9.89. The van der Waals surface area contributed by atoms with E-state index in [2.05, 4.69) is 10.6 Å². The second-order valence-corrected chi connectivity index (χ2v) is 6.45. The van der Waals surface area contributed by atoms with Crippen LogP contribution in [0.4, 0.5) is 11.4 Å². The number of halogens is 1. The number of nitrogens with one attached hydrogen (secondary N) is 2. The molecule has 25 heavy (non-hydrogen) atoms. The van der Waals surface area contributed by atoms with E-state index in [1.165, 1.54) is 0 Å². The van der Waals surface area contributed by atoms with E-state index in [9.17, 15) is 9.59 Å². The minimum atomic E-state index is -0.703. The monoisotopic (exact) mass is 359 g/mol. The summed E-state index contributed by atoms with van der Waals surface area (Å²) >= 11 is 5.90. The van der Waals surface area contributed by atoms with Gasteiger partial charge in [0.05, 0.1) is 5.92 Å². The summed E-state index contributed by atoms with van der Waals surface area (Å²) in [5, 5.41) is 6.29. The molecule has 2 aromatic rings. The molecule has 0 aliphatic rings. The van der Waals surface area contributed by atoms with Gasteiger partial charge in [-0.15, -0.1) is 0 Å².